The number of rotatable bonds is 5. The minimum Gasteiger partial charge on any atom is -0.344 e. The molecule has 0 saturated heterocycles. The fourth-order valence-electron chi connectivity index (χ4n) is 1.73. The molecule has 2 rings (SSSR count). The molecule has 5 nitrogen and oxygen atoms in total. The van der Waals surface area contributed by atoms with Gasteiger partial charge in [-0.25, -0.2) is 4.98 Å². The molecule has 0 aromatic carbocycles. The van der Waals surface area contributed by atoms with E-state index >= 15 is 0 Å². The summed E-state index contributed by atoms with van der Waals surface area (Å²) in [6.07, 6.45) is 1.79. The number of amides is 1. The van der Waals surface area contributed by atoms with Crippen molar-refractivity contribution in [1.29, 1.82) is 0 Å². The summed E-state index contributed by atoms with van der Waals surface area (Å²) in [6.45, 7) is 6.74. The number of thiophene rings is 1. The Labute approximate surface area is 116 Å². The fourth-order valence-corrected chi connectivity index (χ4v) is 2.72. The molecule has 0 aliphatic rings. The van der Waals surface area contributed by atoms with Gasteiger partial charge < -0.3 is 5.32 Å². The molecule has 0 atom stereocenters. The van der Waals surface area contributed by atoms with E-state index < -0.39 is 0 Å². The van der Waals surface area contributed by atoms with Crippen molar-refractivity contribution in [3.63, 3.8) is 0 Å². The quantitative estimate of drug-likeness (QED) is 0.882. The van der Waals surface area contributed by atoms with Gasteiger partial charge in [0.15, 0.2) is 0 Å². The van der Waals surface area contributed by atoms with Crippen molar-refractivity contribution < 1.29 is 4.79 Å². The number of aromatic nitrogens is 3. The third kappa shape index (κ3) is 3.41. The van der Waals surface area contributed by atoms with Crippen molar-refractivity contribution in [3.05, 3.63) is 33.0 Å². The van der Waals surface area contributed by atoms with Gasteiger partial charge in [-0.1, -0.05) is 6.92 Å². The van der Waals surface area contributed by atoms with E-state index in [9.17, 15) is 4.79 Å². The molecule has 2 aromatic heterocycles. The molecule has 102 valence electrons. The number of carbonyl (C=O) groups excluding carboxylic acids is 1. The van der Waals surface area contributed by atoms with Crippen molar-refractivity contribution in [2.75, 3.05) is 0 Å². The molecule has 19 heavy (non-hydrogen) atoms. The first kappa shape index (κ1) is 13.7. The SMILES string of the molecule is CCCc1nc(C(=O)NCc2cc(C)c(C)s2)n[nH]1. The zero-order chi connectivity index (χ0) is 13.8. The van der Waals surface area contributed by atoms with E-state index in [1.165, 1.54) is 10.4 Å². The summed E-state index contributed by atoms with van der Waals surface area (Å²) in [6, 6.07) is 2.10. The summed E-state index contributed by atoms with van der Waals surface area (Å²) in [4.78, 5) is 18.5. The smallest absolute Gasteiger partial charge is 0.291 e. The van der Waals surface area contributed by atoms with Crippen LogP contribution in [0.2, 0.25) is 0 Å². The van der Waals surface area contributed by atoms with Crippen LogP contribution in [0.4, 0.5) is 0 Å². The predicted octanol–water partition coefficient (Wildman–Crippen LogP) is 2.37. The monoisotopic (exact) mass is 278 g/mol. The number of nitrogens with one attached hydrogen (secondary N) is 2. The Bertz CT molecular complexity index is 553. The number of aryl methyl sites for hydroxylation is 3. The minimum absolute atomic E-state index is 0.216. The molecule has 0 aliphatic carbocycles. The molecule has 2 aromatic rings. The van der Waals surface area contributed by atoms with Crippen molar-refractivity contribution in [2.24, 2.45) is 0 Å². The van der Waals surface area contributed by atoms with Crippen LogP contribution in [-0.4, -0.2) is 21.1 Å². The minimum atomic E-state index is -0.234. The van der Waals surface area contributed by atoms with Gasteiger partial charge in [0.25, 0.3) is 5.91 Å². The Kier molecular flexibility index (Phi) is 4.31. The Morgan fingerprint density at radius 2 is 2.26 bits per heavy atom. The summed E-state index contributed by atoms with van der Waals surface area (Å²) >= 11 is 1.70. The Hall–Kier alpha value is -1.69. The van der Waals surface area contributed by atoms with Crippen molar-refractivity contribution in [2.45, 2.75) is 40.2 Å². The van der Waals surface area contributed by atoms with Gasteiger partial charge in [-0.3, -0.25) is 9.89 Å². The zero-order valence-electron chi connectivity index (χ0n) is 11.4. The maximum absolute atomic E-state index is 11.9. The first-order valence-corrected chi connectivity index (χ1v) is 7.17. The van der Waals surface area contributed by atoms with Gasteiger partial charge in [-0.2, -0.15) is 0 Å². The van der Waals surface area contributed by atoms with Crippen LogP contribution in [0.25, 0.3) is 0 Å². The van der Waals surface area contributed by atoms with Crippen LogP contribution < -0.4 is 5.32 Å². The van der Waals surface area contributed by atoms with Crippen LogP contribution in [0, 0.1) is 13.8 Å². The molecule has 1 amide bonds. The molecular formula is C13H18N4OS. The predicted molar refractivity (Wildman–Crippen MR) is 75.3 cm³/mol. The van der Waals surface area contributed by atoms with Crippen molar-refractivity contribution in [1.82, 2.24) is 20.5 Å². The molecule has 2 N–H and O–H groups in total. The Balaban J connectivity index is 1.93. The van der Waals surface area contributed by atoms with Crippen molar-refractivity contribution >= 4 is 17.2 Å². The summed E-state index contributed by atoms with van der Waals surface area (Å²) in [5.41, 5.74) is 1.26. The number of nitrogens with zero attached hydrogens (tertiary/aromatic N) is 2. The van der Waals surface area contributed by atoms with Gasteiger partial charge in [-0.15, -0.1) is 16.4 Å². The number of hydrogen-bond donors (Lipinski definition) is 2. The largest absolute Gasteiger partial charge is 0.344 e. The van der Waals surface area contributed by atoms with Gasteiger partial charge in [0, 0.05) is 16.2 Å². The summed E-state index contributed by atoms with van der Waals surface area (Å²) in [5.74, 6) is 0.742. The number of carbonyl (C=O) groups is 1. The second kappa shape index (κ2) is 5.97. The topological polar surface area (TPSA) is 70.7 Å². The molecule has 0 bridgehead atoms. The standard InChI is InChI=1S/C13H18N4OS/c1-4-5-11-15-12(17-16-11)13(18)14-7-10-6-8(2)9(3)19-10/h6H,4-5,7H2,1-3H3,(H,14,18)(H,15,16,17). The van der Waals surface area contributed by atoms with Crippen LogP contribution in [0.5, 0.6) is 0 Å². The molecule has 0 unspecified atom stereocenters. The molecule has 0 radical (unpaired) electrons. The summed E-state index contributed by atoms with van der Waals surface area (Å²) < 4.78 is 0. The van der Waals surface area contributed by atoms with Gasteiger partial charge >= 0.3 is 0 Å². The second-order valence-corrected chi connectivity index (χ2v) is 5.83. The van der Waals surface area contributed by atoms with Gasteiger partial charge in [0.1, 0.15) is 5.82 Å². The van der Waals surface area contributed by atoms with Crippen LogP contribution in [0.3, 0.4) is 0 Å². The first-order chi connectivity index (χ1) is 9.10. The lowest BCUT2D eigenvalue weighted by Gasteiger charge is -1.99. The first-order valence-electron chi connectivity index (χ1n) is 6.35. The van der Waals surface area contributed by atoms with Crippen molar-refractivity contribution in [3.8, 4) is 0 Å². The van der Waals surface area contributed by atoms with E-state index in [1.54, 1.807) is 11.3 Å². The Morgan fingerprint density at radius 3 is 2.89 bits per heavy atom. The number of H-pyrrole nitrogens is 1. The molecule has 0 saturated carbocycles. The average molecular weight is 278 g/mol. The van der Waals surface area contributed by atoms with E-state index in [0.29, 0.717) is 6.54 Å². The average Bonchev–Trinajstić information content (AvgIpc) is 2.95. The number of hydrogen-bond acceptors (Lipinski definition) is 4. The number of aromatic amines is 1. The highest BCUT2D eigenvalue weighted by atomic mass is 32.1. The van der Waals surface area contributed by atoms with Gasteiger partial charge in [0.2, 0.25) is 5.82 Å². The van der Waals surface area contributed by atoms with E-state index in [2.05, 4.69) is 47.3 Å². The highest BCUT2D eigenvalue weighted by molar-refractivity contribution is 7.12. The molecule has 0 fully saturated rings. The van der Waals surface area contributed by atoms with E-state index in [1.807, 2.05) is 0 Å². The van der Waals surface area contributed by atoms with Gasteiger partial charge in [-0.05, 0) is 31.9 Å². The maximum atomic E-state index is 11.9. The highest BCUT2D eigenvalue weighted by Crippen LogP contribution is 2.20. The fraction of sp³-hybridized carbons (Fsp3) is 0.462. The summed E-state index contributed by atoms with van der Waals surface area (Å²) in [5, 5.41) is 9.54. The lowest BCUT2D eigenvalue weighted by atomic mass is 10.3. The zero-order valence-corrected chi connectivity index (χ0v) is 12.2. The normalized spacial score (nSPS) is 10.7. The molecule has 0 spiro atoms. The lowest BCUT2D eigenvalue weighted by Crippen LogP contribution is -2.23. The van der Waals surface area contributed by atoms with E-state index in [4.69, 9.17) is 0 Å². The lowest BCUT2D eigenvalue weighted by molar-refractivity contribution is 0.0941. The molecular weight excluding hydrogens is 260 g/mol. The second-order valence-electron chi connectivity index (χ2n) is 4.49. The van der Waals surface area contributed by atoms with Crippen LogP contribution >= 0.6 is 11.3 Å². The highest BCUT2D eigenvalue weighted by Gasteiger charge is 2.12. The molecule has 0 aliphatic heterocycles. The van der Waals surface area contributed by atoms with Crippen LogP contribution in [0.15, 0.2) is 6.07 Å². The molecule has 2 heterocycles. The van der Waals surface area contributed by atoms with Crippen LogP contribution in [0.1, 0.15) is 45.1 Å². The van der Waals surface area contributed by atoms with E-state index in [0.717, 1.165) is 23.5 Å². The van der Waals surface area contributed by atoms with Crippen LogP contribution in [-0.2, 0) is 13.0 Å². The molecule has 6 heteroatoms. The third-order valence-corrected chi connectivity index (χ3v) is 4.01. The Morgan fingerprint density at radius 1 is 1.47 bits per heavy atom. The summed E-state index contributed by atoms with van der Waals surface area (Å²) in [7, 11) is 0. The maximum Gasteiger partial charge on any atom is 0.291 e. The van der Waals surface area contributed by atoms with E-state index in [-0.39, 0.29) is 11.7 Å². The third-order valence-electron chi connectivity index (χ3n) is 2.86. The van der Waals surface area contributed by atoms with Gasteiger partial charge in [0.05, 0.1) is 6.54 Å².